The van der Waals surface area contributed by atoms with Crippen LogP contribution in [0.1, 0.15) is 20.3 Å². The number of hydrogen-bond acceptors (Lipinski definition) is 5. The van der Waals surface area contributed by atoms with Crippen LogP contribution < -0.4 is 16.6 Å². The summed E-state index contributed by atoms with van der Waals surface area (Å²) in [6.45, 7) is 5.81. The highest BCUT2D eigenvalue weighted by atomic mass is 16.5. The van der Waals surface area contributed by atoms with E-state index in [1.165, 1.54) is 6.33 Å². The molecular weight excluding hydrogens is 268 g/mol. The summed E-state index contributed by atoms with van der Waals surface area (Å²) in [6, 6.07) is 3.47. The van der Waals surface area contributed by atoms with E-state index in [2.05, 4.69) is 29.1 Å². The molecule has 1 aromatic heterocycles. The van der Waals surface area contributed by atoms with E-state index in [4.69, 9.17) is 10.5 Å². The number of nitrogens with two attached hydrogens (primary N) is 1. The minimum Gasteiger partial charge on any atom is -0.397 e. The third-order valence-electron chi connectivity index (χ3n) is 3.55. The Kier molecular flexibility index (Phi) is 4.47. The third kappa shape index (κ3) is 3.72. The Morgan fingerprint density at radius 3 is 2.90 bits per heavy atom. The summed E-state index contributed by atoms with van der Waals surface area (Å²) >= 11 is 0. The Morgan fingerprint density at radius 2 is 2.19 bits per heavy atom. The largest absolute Gasteiger partial charge is 0.397 e. The molecule has 1 aromatic carbocycles. The van der Waals surface area contributed by atoms with Gasteiger partial charge in [0.05, 0.1) is 28.6 Å². The Bertz CT molecular complexity index is 679. The first-order valence-electron chi connectivity index (χ1n) is 6.93. The van der Waals surface area contributed by atoms with Crippen molar-refractivity contribution >= 4 is 22.3 Å². The van der Waals surface area contributed by atoms with Crippen molar-refractivity contribution in [3.8, 4) is 0 Å². The lowest BCUT2D eigenvalue weighted by molar-refractivity contribution is 0.157. The molecule has 0 spiro atoms. The minimum absolute atomic E-state index is 0.0823. The molecule has 0 unspecified atom stereocenters. The van der Waals surface area contributed by atoms with E-state index in [-0.39, 0.29) is 11.0 Å². The van der Waals surface area contributed by atoms with Crippen molar-refractivity contribution in [2.24, 2.45) is 5.41 Å². The maximum atomic E-state index is 11.7. The van der Waals surface area contributed by atoms with Crippen LogP contribution in [0.3, 0.4) is 0 Å². The fraction of sp³-hybridized carbons (Fsp3) is 0.467. The van der Waals surface area contributed by atoms with Crippen LogP contribution in [0.15, 0.2) is 23.3 Å². The second kappa shape index (κ2) is 6.13. The van der Waals surface area contributed by atoms with Gasteiger partial charge in [-0.25, -0.2) is 4.98 Å². The molecule has 0 atom stereocenters. The molecule has 0 aliphatic carbocycles. The van der Waals surface area contributed by atoms with Gasteiger partial charge < -0.3 is 20.8 Å². The van der Waals surface area contributed by atoms with Crippen LogP contribution >= 0.6 is 0 Å². The predicted octanol–water partition coefficient (Wildman–Crippen LogP) is 1.98. The quantitative estimate of drug-likeness (QED) is 0.707. The van der Waals surface area contributed by atoms with E-state index in [1.807, 2.05) is 6.07 Å². The highest BCUT2D eigenvalue weighted by Gasteiger charge is 2.18. The van der Waals surface area contributed by atoms with Gasteiger partial charge in [0, 0.05) is 20.3 Å². The van der Waals surface area contributed by atoms with E-state index in [0.717, 1.165) is 25.3 Å². The van der Waals surface area contributed by atoms with Crippen molar-refractivity contribution in [2.45, 2.75) is 20.3 Å². The molecule has 4 N–H and O–H groups in total. The summed E-state index contributed by atoms with van der Waals surface area (Å²) < 4.78 is 5.12. The molecular formula is C15H22N4O2. The van der Waals surface area contributed by atoms with Crippen LogP contribution in [-0.4, -0.2) is 30.2 Å². The van der Waals surface area contributed by atoms with Crippen LogP contribution in [0.5, 0.6) is 0 Å². The van der Waals surface area contributed by atoms with Gasteiger partial charge in [-0.2, -0.15) is 0 Å². The molecule has 2 aromatic rings. The topological polar surface area (TPSA) is 93.0 Å². The number of aromatic nitrogens is 2. The lowest BCUT2D eigenvalue weighted by Crippen LogP contribution is -2.25. The van der Waals surface area contributed by atoms with Gasteiger partial charge in [0.2, 0.25) is 0 Å². The zero-order valence-electron chi connectivity index (χ0n) is 12.7. The fourth-order valence-electron chi connectivity index (χ4n) is 2.09. The molecule has 6 heteroatoms. The van der Waals surface area contributed by atoms with E-state index in [0.29, 0.717) is 16.6 Å². The Labute approximate surface area is 123 Å². The van der Waals surface area contributed by atoms with Gasteiger partial charge in [-0.05, 0) is 24.0 Å². The molecule has 1 heterocycles. The SMILES string of the molecule is COCCC(C)(C)CNc1cc2nc[nH]c(=O)c2cc1N. The maximum Gasteiger partial charge on any atom is 0.258 e. The van der Waals surface area contributed by atoms with Crippen LogP contribution in [0.2, 0.25) is 0 Å². The number of H-pyrrole nitrogens is 1. The second-order valence-corrected chi connectivity index (χ2v) is 5.95. The van der Waals surface area contributed by atoms with Crippen LogP contribution in [0, 0.1) is 5.41 Å². The lowest BCUT2D eigenvalue weighted by Gasteiger charge is -2.25. The smallest absolute Gasteiger partial charge is 0.258 e. The number of aromatic amines is 1. The molecule has 0 bridgehead atoms. The van der Waals surface area contributed by atoms with Crippen LogP contribution in [0.4, 0.5) is 11.4 Å². The summed E-state index contributed by atoms with van der Waals surface area (Å²) in [5, 5.41) is 3.84. The zero-order valence-corrected chi connectivity index (χ0v) is 12.7. The van der Waals surface area contributed by atoms with Gasteiger partial charge in [0.25, 0.3) is 5.56 Å². The predicted molar refractivity (Wildman–Crippen MR) is 85.5 cm³/mol. The van der Waals surface area contributed by atoms with Crippen LogP contribution in [0.25, 0.3) is 10.9 Å². The molecule has 0 aliphatic heterocycles. The van der Waals surface area contributed by atoms with Crippen molar-refractivity contribution in [1.29, 1.82) is 0 Å². The summed E-state index contributed by atoms with van der Waals surface area (Å²) in [4.78, 5) is 18.4. The molecule has 0 saturated heterocycles. The first-order chi connectivity index (χ1) is 9.93. The average molecular weight is 290 g/mol. The summed E-state index contributed by atoms with van der Waals surface area (Å²) in [6.07, 6.45) is 2.34. The number of ether oxygens (including phenoxy) is 1. The number of nitrogen functional groups attached to an aromatic ring is 1. The average Bonchev–Trinajstić information content (AvgIpc) is 2.44. The first-order valence-corrected chi connectivity index (χ1v) is 6.93. The molecule has 0 amide bonds. The molecule has 0 fully saturated rings. The third-order valence-corrected chi connectivity index (χ3v) is 3.55. The number of hydrogen-bond donors (Lipinski definition) is 3. The van der Waals surface area contributed by atoms with Gasteiger partial charge in [-0.1, -0.05) is 13.8 Å². The normalized spacial score (nSPS) is 11.8. The zero-order chi connectivity index (χ0) is 15.5. The van der Waals surface area contributed by atoms with E-state index >= 15 is 0 Å². The molecule has 0 saturated carbocycles. The molecule has 0 aliphatic rings. The number of nitrogens with one attached hydrogen (secondary N) is 2. The molecule has 0 radical (unpaired) electrons. The van der Waals surface area contributed by atoms with Gasteiger partial charge in [0.1, 0.15) is 0 Å². The standard InChI is InChI=1S/C15H22N4O2/c1-15(2,4-5-21-3)8-17-13-7-12-10(6-11(13)16)14(20)19-9-18-12/h6-7,9,17H,4-5,8,16H2,1-3H3,(H,18,19,20). The van der Waals surface area contributed by atoms with Crippen molar-refractivity contribution < 1.29 is 4.74 Å². The van der Waals surface area contributed by atoms with E-state index < -0.39 is 0 Å². The van der Waals surface area contributed by atoms with Crippen LogP contribution in [-0.2, 0) is 4.74 Å². The Balaban J connectivity index is 2.19. The summed E-state index contributed by atoms with van der Waals surface area (Å²) in [5.74, 6) is 0. The Morgan fingerprint density at radius 1 is 1.43 bits per heavy atom. The number of rotatable bonds is 6. The minimum atomic E-state index is -0.182. The lowest BCUT2D eigenvalue weighted by atomic mass is 9.89. The van der Waals surface area contributed by atoms with Crippen molar-refractivity contribution in [3.05, 3.63) is 28.8 Å². The number of fused-ring (bicyclic) bond motifs is 1. The summed E-state index contributed by atoms with van der Waals surface area (Å²) in [7, 11) is 1.70. The molecule has 2 rings (SSSR count). The van der Waals surface area contributed by atoms with Crippen molar-refractivity contribution in [3.63, 3.8) is 0 Å². The molecule has 114 valence electrons. The van der Waals surface area contributed by atoms with Gasteiger partial charge in [0.15, 0.2) is 0 Å². The molecule has 6 nitrogen and oxygen atoms in total. The highest BCUT2D eigenvalue weighted by Crippen LogP contribution is 2.26. The summed E-state index contributed by atoms with van der Waals surface area (Å²) in [5.41, 5.74) is 7.89. The number of anilines is 2. The van der Waals surface area contributed by atoms with Crippen molar-refractivity contribution in [1.82, 2.24) is 9.97 Å². The fourth-order valence-corrected chi connectivity index (χ4v) is 2.09. The van der Waals surface area contributed by atoms with Gasteiger partial charge in [-0.3, -0.25) is 4.79 Å². The van der Waals surface area contributed by atoms with Gasteiger partial charge >= 0.3 is 0 Å². The second-order valence-electron chi connectivity index (χ2n) is 5.95. The highest BCUT2D eigenvalue weighted by molar-refractivity contribution is 5.88. The van der Waals surface area contributed by atoms with E-state index in [9.17, 15) is 4.79 Å². The monoisotopic (exact) mass is 290 g/mol. The number of benzene rings is 1. The number of methoxy groups -OCH3 is 1. The van der Waals surface area contributed by atoms with E-state index in [1.54, 1.807) is 13.2 Å². The van der Waals surface area contributed by atoms with Crippen molar-refractivity contribution in [2.75, 3.05) is 31.3 Å². The maximum absolute atomic E-state index is 11.7. The van der Waals surface area contributed by atoms with Gasteiger partial charge in [-0.15, -0.1) is 0 Å². The first kappa shape index (κ1) is 15.3. The Hall–Kier alpha value is -2.08. The molecule has 21 heavy (non-hydrogen) atoms. The number of nitrogens with zero attached hydrogens (tertiary/aromatic N) is 1.